The number of benzene rings is 2. The molecule has 122 valence electrons. The van der Waals surface area contributed by atoms with Crippen molar-refractivity contribution in [2.24, 2.45) is 0 Å². The zero-order valence-electron chi connectivity index (χ0n) is 13.1. The molecular weight excluding hydrogens is 310 g/mol. The third-order valence-electron chi connectivity index (χ3n) is 3.30. The third kappa shape index (κ3) is 5.23. The van der Waals surface area contributed by atoms with Gasteiger partial charge < -0.3 is 4.74 Å². The summed E-state index contributed by atoms with van der Waals surface area (Å²) in [6.45, 7) is 5.83. The minimum absolute atomic E-state index is 0.237. The van der Waals surface area contributed by atoms with Crippen LogP contribution in [0.1, 0.15) is 12.0 Å². The maximum absolute atomic E-state index is 12.4. The van der Waals surface area contributed by atoms with E-state index in [4.69, 9.17) is 4.74 Å². The van der Waals surface area contributed by atoms with Crippen LogP contribution in [-0.4, -0.2) is 21.1 Å². The number of hydrogen-bond acceptors (Lipinski definition) is 3. The zero-order valence-corrected chi connectivity index (χ0v) is 13.9. The molecule has 0 aliphatic carbocycles. The second-order valence-electron chi connectivity index (χ2n) is 5.28. The van der Waals surface area contributed by atoms with Gasteiger partial charge in [0, 0.05) is 0 Å². The molecule has 5 heteroatoms. The van der Waals surface area contributed by atoms with Crippen LogP contribution in [0.15, 0.2) is 72.1 Å². The van der Waals surface area contributed by atoms with Crippen LogP contribution in [0, 0.1) is 6.92 Å². The van der Waals surface area contributed by atoms with E-state index in [-0.39, 0.29) is 17.5 Å². The Balaban J connectivity index is 2.05. The van der Waals surface area contributed by atoms with Crippen LogP contribution < -0.4 is 9.46 Å². The number of ether oxygens (including phenoxy) is 1. The van der Waals surface area contributed by atoms with Gasteiger partial charge in [-0.1, -0.05) is 42.0 Å². The van der Waals surface area contributed by atoms with E-state index in [9.17, 15) is 8.42 Å². The predicted molar refractivity (Wildman–Crippen MR) is 92.0 cm³/mol. The Morgan fingerprint density at radius 3 is 2.39 bits per heavy atom. The Kier molecular flexibility index (Phi) is 5.96. The number of sulfonamides is 1. The van der Waals surface area contributed by atoms with Gasteiger partial charge in [-0.25, -0.2) is 13.1 Å². The van der Waals surface area contributed by atoms with E-state index in [0.717, 1.165) is 5.56 Å². The summed E-state index contributed by atoms with van der Waals surface area (Å²) in [4.78, 5) is 0.247. The van der Waals surface area contributed by atoms with Crippen molar-refractivity contribution in [1.29, 1.82) is 0 Å². The first-order chi connectivity index (χ1) is 11.0. The molecule has 0 spiro atoms. The van der Waals surface area contributed by atoms with E-state index in [1.165, 1.54) is 0 Å². The van der Waals surface area contributed by atoms with Crippen molar-refractivity contribution >= 4 is 10.0 Å². The fraction of sp³-hybridized carbons (Fsp3) is 0.222. The lowest BCUT2D eigenvalue weighted by Gasteiger charge is -2.18. The third-order valence-corrected chi connectivity index (χ3v) is 4.84. The van der Waals surface area contributed by atoms with Gasteiger partial charge in [-0.15, -0.1) is 6.58 Å². The lowest BCUT2D eigenvalue weighted by molar-refractivity contribution is 0.279. The highest BCUT2D eigenvalue weighted by Gasteiger charge is 2.19. The largest absolute Gasteiger partial charge is 0.492 e. The number of hydrogen-bond donors (Lipinski definition) is 1. The van der Waals surface area contributed by atoms with E-state index < -0.39 is 10.0 Å². The second kappa shape index (κ2) is 7.94. The molecule has 1 N–H and O–H groups in total. The number of nitrogens with one attached hydrogen (secondary N) is 1. The van der Waals surface area contributed by atoms with Gasteiger partial charge >= 0.3 is 0 Å². The summed E-state index contributed by atoms with van der Waals surface area (Å²) in [5.74, 6) is 0.705. The fourth-order valence-electron chi connectivity index (χ4n) is 2.07. The van der Waals surface area contributed by atoms with E-state index in [1.807, 2.05) is 37.3 Å². The molecule has 0 radical (unpaired) electrons. The van der Waals surface area contributed by atoms with Crippen LogP contribution in [0.5, 0.6) is 5.75 Å². The van der Waals surface area contributed by atoms with Crippen LogP contribution in [0.3, 0.4) is 0 Å². The van der Waals surface area contributed by atoms with Gasteiger partial charge in [0.15, 0.2) is 0 Å². The summed E-state index contributed by atoms with van der Waals surface area (Å²) in [7, 11) is -3.58. The van der Waals surface area contributed by atoms with E-state index in [2.05, 4.69) is 11.3 Å². The van der Waals surface area contributed by atoms with Crippen molar-refractivity contribution in [2.75, 3.05) is 6.61 Å². The van der Waals surface area contributed by atoms with E-state index >= 15 is 0 Å². The van der Waals surface area contributed by atoms with Gasteiger partial charge in [-0.05, 0) is 37.6 Å². The van der Waals surface area contributed by atoms with E-state index in [1.54, 1.807) is 30.3 Å². The first-order valence-electron chi connectivity index (χ1n) is 7.39. The molecule has 2 rings (SSSR count). The average molecular weight is 331 g/mol. The maximum atomic E-state index is 12.4. The monoisotopic (exact) mass is 331 g/mol. The minimum atomic E-state index is -3.58. The molecule has 0 aliphatic rings. The van der Waals surface area contributed by atoms with Crippen molar-refractivity contribution < 1.29 is 13.2 Å². The Hall–Kier alpha value is -2.11. The molecule has 0 heterocycles. The SMILES string of the molecule is C=CC[C@H](COc1ccccc1)NS(=O)(=O)c1ccc(C)cc1. The van der Waals surface area contributed by atoms with E-state index in [0.29, 0.717) is 12.2 Å². The standard InChI is InChI=1S/C18H21NO3S/c1-3-7-16(14-22-17-8-5-4-6-9-17)19-23(20,21)18-12-10-15(2)11-13-18/h3-6,8-13,16,19H,1,7,14H2,2H3/t16-/m1/s1. The van der Waals surface area contributed by atoms with Crippen LogP contribution in [0.25, 0.3) is 0 Å². The van der Waals surface area contributed by atoms with Crippen LogP contribution in [-0.2, 0) is 10.0 Å². The van der Waals surface area contributed by atoms with Gasteiger partial charge in [0.2, 0.25) is 10.0 Å². The molecule has 0 saturated heterocycles. The van der Waals surface area contributed by atoms with Gasteiger partial charge in [-0.2, -0.15) is 0 Å². The average Bonchev–Trinajstić information content (AvgIpc) is 2.54. The molecule has 0 amide bonds. The fourth-order valence-corrected chi connectivity index (χ4v) is 3.30. The topological polar surface area (TPSA) is 55.4 Å². The highest BCUT2D eigenvalue weighted by atomic mass is 32.2. The number of aryl methyl sites for hydroxylation is 1. The Bertz CT molecular complexity index is 725. The number of rotatable bonds is 8. The molecular formula is C18H21NO3S. The molecule has 0 unspecified atom stereocenters. The quantitative estimate of drug-likeness (QED) is 0.755. The van der Waals surface area contributed by atoms with Gasteiger partial charge in [0.25, 0.3) is 0 Å². The lowest BCUT2D eigenvalue weighted by Crippen LogP contribution is -2.38. The highest BCUT2D eigenvalue weighted by molar-refractivity contribution is 7.89. The molecule has 0 aliphatic heterocycles. The van der Waals surface area contributed by atoms with Crippen molar-refractivity contribution in [1.82, 2.24) is 4.72 Å². The first kappa shape index (κ1) is 17.2. The zero-order chi connectivity index (χ0) is 16.7. The van der Waals surface area contributed by atoms with Crippen LogP contribution in [0.4, 0.5) is 0 Å². The van der Waals surface area contributed by atoms with Crippen LogP contribution >= 0.6 is 0 Å². The molecule has 1 atom stereocenters. The van der Waals surface area contributed by atoms with Gasteiger partial charge in [0.1, 0.15) is 12.4 Å². The molecule has 4 nitrogen and oxygen atoms in total. The summed E-state index contributed by atoms with van der Waals surface area (Å²) in [5, 5.41) is 0. The number of para-hydroxylation sites is 1. The summed E-state index contributed by atoms with van der Waals surface area (Å²) in [5.41, 5.74) is 1.01. The molecule has 23 heavy (non-hydrogen) atoms. The molecule has 2 aromatic rings. The van der Waals surface area contributed by atoms with Crippen LogP contribution in [0.2, 0.25) is 0 Å². The molecule has 0 bridgehead atoms. The maximum Gasteiger partial charge on any atom is 0.240 e. The molecule has 0 fully saturated rings. The van der Waals surface area contributed by atoms with Crippen molar-refractivity contribution in [3.63, 3.8) is 0 Å². The Morgan fingerprint density at radius 1 is 1.13 bits per heavy atom. The highest BCUT2D eigenvalue weighted by Crippen LogP contribution is 2.13. The summed E-state index contributed by atoms with van der Waals surface area (Å²) < 4.78 is 33.2. The first-order valence-corrected chi connectivity index (χ1v) is 8.87. The van der Waals surface area contributed by atoms with Crippen molar-refractivity contribution in [3.05, 3.63) is 72.8 Å². The Morgan fingerprint density at radius 2 is 1.78 bits per heavy atom. The molecule has 2 aromatic carbocycles. The van der Waals surface area contributed by atoms with Crippen molar-refractivity contribution in [2.45, 2.75) is 24.3 Å². The van der Waals surface area contributed by atoms with Crippen molar-refractivity contribution in [3.8, 4) is 5.75 Å². The predicted octanol–water partition coefficient (Wildman–Crippen LogP) is 3.30. The smallest absolute Gasteiger partial charge is 0.240 e. The molecule has 0 saturated carbocycles. The molecule has 0 aromatic heterocycles. The summed E-state index contributed by atoms with van der Waals surface area (Å²) in [6.07, 6.45) is 2.16. The summed E-state index contributed by atoms with van der Waals surface area (Å²) in [6, 6.07) is 15.7. The summed E-state index contributed by atoms with van der Waals surface area (Å²) >= 11 is 0. The second-order valence-corrected chi connectivity index (χ2v) is 6.99. The lowest BCUT2D eigenvalue weighted by atomic mass is 10.2. The minimum Gasteiger partial charge on any atom is -0.492 e. The van der Waals surface area contributed by atoms with Gasteiger partial charge in [0.05, 0.1) is 10.9 Å². The van der Waals surface area contributed by atoms with Gasteiger partial charge in [-0.3, -0.25) is 0 Å². The normalized spacial score (nSPS) is 12.6. The Labute approximate surface area is 137 Å².